The van der Waals surface area contributed by atoms with Crippen molar-refractivity contribution in [2.24, 2.45) is 0 Å². The van der Waals surface area contributed by atoms with Crippen LogP contribution >= 0.6 is 35.6 Å². The van der Waals surface area contributed by atoms with E-state index in [9.17, 15) is 19.5 Å². The molecule has 0 saturated carbocycles. The van der Waals surface area contributed by atoms with Gasteiger partial charge in [-0.15, -0.1) is 0 Å². The average Bonchev–Trinajstić information content (AvgIpc) is 2.80. The van der Waals surface area contributed by atoms with Crippen LogP contribution in [0.15, 0.2) is 17.0 Å². The summed E-state index contributed by atoms with van der Waals surface area (Å²) in [6.45, 7) is 3.79. The number of carboxylic acids is 2. The van der Waals surface area contributed by atoms with Crippen LogP contribution in [-0.2, 0) is 14.4 Å². The van der Waals surface area contributed by atoms with Gasteiger partial charge in [-0.05, 0) is 49.1 Å². The van der Waals surface area contributed by atoms with E-state index in [-0.39, 0.29) is 22.1 Å². The van der Waals surface area contributed by atoms with E-state index >= 15 is 0 Å². The van der Waals surface area contributed by atoms with Gasteiger partial charge in [-0.2, -0.15) is 0 Å². The van der Waals surface area contributed by atoms with E-state index in [4.69, 9.17) is 28.9 Å². The summed E-state index contributed by atoms with van der Waals surface area (Å²) >= 11 is 12.3. The van der Waals surface area contributed by atoms with Gasteiger partial charge in [0.25, 0.3) is 5.91 Å². The molecular weight excluding hydrogens is 398 g/mol. The lowest BCUT2D eigenvalue weighted by molar-refractivity contribution is -0.146. The Balaban J connectivity index is 2.32. The summed E-state index contributed by atoms with van der Waals surface area (Å²) in [6, 6.07) is 2.27. The van der Waals surface area contributed by atoms with Gasteiger partial charge < -0.3 is 10.2 Å². The molecule has 1 atom stereocenters. The molecule has 1 aromatic carbocycles. The van der Waals surface area contributed by atoms with E-state index < -0.39 is 23.9 Å². The van der Waals surface area contributed by atoms with E-state index in [1.165, 1.54) is 0 Å². The second kappa shape index (κ2) is 8.20. The number of halogens is 1. The van der Waals surface area contributed by atoms with Gasteiger partial charge in [-0.1, -0.05) is 41.6 Å². The first-order valence-corrected chi connectivity index (χ1v) is 9.20. The molecule has 1 amide bonds. The molecule has 0 aliphatic carbocycles. The molecule has 138 valence electrons. The van der Waals surface area contributed by atoms with Gasteiger partial charge >= 0.3 is 11.9 Å². The van der Waals surface area contributed by atoms with Gasteiger partial charge in [0, 0.05) is 11.4 Å². The van der Waals surface area contributed by atoms with Crippen molar-refractivity contribution < 1.29 is 24.6 Å². The minimum Gasteiger partial charge on any atom is -0.481 e. The summed E-state index contributed by atoms with van der Waals surface area (Å²) in [7, 11) is 0. The van der Waals surface area contributed by atoms with E-state index in [2.05, 4.69) is 0 Å². The third-order valence-corrected chi connectivity index (χ3v) is 5.70. The number of carbonyl (C=O) groups excluding carboxylic acids is 1. The molecule has 1 aliphatic heterocycles. The van der Waals surface area contributed by atoms with Crippen LogP contribution in [0.1, 0.15) is 29.5 Å². The Bertz CT molecular complexity index is 813. The number of thioether (sulfide) groups is 1. The van der Waals surface area contributed by atoms with Crippen LogP contribution in [-0.4, -0.2) is 43.3 Å². The molecule has 2 N–H and O–H groups in total. The van der Waals surface area contributed by atoms with E-state index in [0.29, 0.717) is 10.6 Å². The Kier molecular flexibility index (Phi) is 6.44. The third kappa shape index (κ3) is 4.44. The minimum absolute atomic E-state index is 0.0916. The van der Waals surface area contributed by atoms with E-state index in [0.717, 1.165) is 27.8 Å². The lowest BCUT2D eigenvalue weighted by atomic mass is 10.1. The number of hydrogen-bond acceptors (Lipinski definition) is 5. The fourth-order valence-corrected chi connectivity index (χ4v) is 4.08. The summed E-state index contributed by atoms with van der Waals surface area (Å²) in [4.78, 5) is 36.1. The molecule has 0 radical (unpaired) electrons. The zero-order chi connectivity index (χ0) is 19.6. The first kappa shape index (κ1) is 20.4. The van der Waals surface area contributed by atoms with Crippen LogP contribution in [0.25, 0.3) is 6.08 Å². The first-order valence-electron chi connectivity index (χ1n) is 7.60. The number of hydrogen-bond donors (Lipinski definition) is 2. The van der Waals surface area contributed by atoms with Crippen molar-refractivity contribution in [2.45, 2.75) is 32.7 Å². The van der Waals surface area contributed by atoms with Crippen molar-refractivity contribution in [3.63, 3.8) is 0 Å². The van der Waals surface area contributed by atoms with E-state index in [1.54, 1.807) is 12.1 Å². The molecule has 1 saturated heterocycles. The number of aryl methyl sites for hydroxylation is 1. The number of benzene rings is 1. The highest BCUT2D eigenvalue weighted by molar-refractivity contribution is 8.26. The van der Waals surface area contributed by atoms with Crippen LogP contribution < -0.4 is 0 Å². The largest absolute Gasteiger partial charge is 0.481 e. The fourth-order valence-electron chi connectivity index (χ4n) is 2.45. The highest BCUT2D eigenvalue weighted by Crippen LogP contribution is 2.35. The number of amides is 1. The summed E-state index contributed by atoms with van der Waals surface area (Å²) in [6.07, 6.45) is 1.01. The molecule has 0 bridgehead atoms. The third-order valence-electron chi connectivity index (χ3n) is 3.98. The van der Waals surface area contributed by atoms with Crippen LogP contribution in [0.4, 0.5) is 0 Å². The zero-order valence-electron chi connectivity index (χ0n) is 14.0. The van der Waals surface area contributed by atoms with Crippen molar-refractivity contribution in [3.8, 4) is 0 Å². The van der Waals surface area contributed by atoms with E-state index in [1.807, 2.05) is 19.9 Å². The predicted molar refractivity (Wildman–Crippen MR) is 104 cm³/mol. The predicted octanol–water partition coefficient (Wildman–Crippen LogP) is 3.48. The number of thiocarbonyl (C=S) groups is 1. The summed E-state index contributed by atoms with van der Waals surface area (Å²) < 4.78 is 0.0916. The Hall–Kier alpha value is -1.90. The number of nitrogens with zero attached hydrogens (tertiary/aromatic N) is 1. The van der Waals surface area contributed by atoms with Gasteiger partial charge in [0.2, 0.25) is 0 Å². The molecular formula is C17H16ClNO5S2. The molecule has 1 heterocycles. The molecule has 26 heavy (non-hydrogen) atoms. The standard InChI is InChI=1S/C17H16ClNO5S2/c1-8-5-10(6-11(18)9(8)2)7-13-15(22)19(17(25)26-13)12(16(23)24)3-4-14(20)21/h5-7,12H,3-4H2,1-2H3,(H,20,21)(H,23,24)/b13-7-/t12-/m0/s1. The Labute approximate surface area is 164 Å². The molecule has 1 fully saturated rings. The van der Waals surface area contributed by atoms with Crippen LogP contribution in [0, 0.1) is 13.8 Å². The molecule has 0 aromatic heterocycles. The van der Waals surface area contributed by atoms with Crippen LogP contribution in [0.2, 0.25) is 5.02 Å². The highest BCUT2D eigenvalue weighted by Gasteiger charge is 2.40. The minimum atomic E-state index is -1.31. The van der Waals surface area contributed by atoms with Crippen molar-refractivity contribution in [2.75, 3.05) is 0 Å². The monoisotopic (exact) mass is 413 g/mol. The number of carboxylic acid groups (broad SMARTS) is 2. The molecule has 2 rings (SSSR count). The van der Waals surface area contributed by atoms with Gasteiger partial charge in [0.1, 0.15) is 10.4 Å². The number of aliphatic carboxylic acids is 2. The van der Waals surface area contributed by atoms with Crippen molar-refractivity contribution >= 4 is 63.8 Å². The Morgan fingerprint density at radius 2 is 2.00 bits per heavy atom. The Morgan fingerprint density at radius 3 is 2.54 bits per heavy atom. The lowest BCUT2D eigenvalue weighted by Gasteiger charge is -2.22. The fraction of sp³-hybridized carbons (Fsp3) is 0.294. The molecule has 1 aliphatic rings. The van der Waals surface area contributed by atoms with Crippen LogP contribution in [0.3, 0.4) is 0 Å². The highest BCUT2D eigenvalue weighted by atomic mass is 35.5. The molecule has 6 nitrogen and oxygen atoms in total. The van der Waals surface area contributed by atoms with Gasteiger partial charge in [-0.25, -0.2) is 4.79 Å². The molecule has 0 spiro atoms. The van der Waals surface area contributed by atoms with Crippen molar-refractivity contribution in [1.82, 2.24) is 4.90 Å². The average molecular weight is 414 g/mol. The van der Waals surface area contributed by atoms with Crippen molar-refractivity contribution in [1.29, 1.82) is 0 Å². The normalized spacial score (nSPS) is 17.0. The molecule has 0 unspecified atom stereocenters. The molecule has 9 heteroatoms. The lowest BCUT2D eigenvalue weighted by Crippen LogP contribution is -2.44. The second-order valence-electron chi connectivity index (χ2n) is 5.78. The summed E-state index contributed by atoms with van der Waals surface area (Å²) in [5.74, 6) is -2.98. The van der Waals surface area contributed by atoms with Gasteiger partial charge in [0.05, 0.1) is 4.91 Å². The molecule has 1 aromatic rings. The van der Waals surface area contributed by atoms with Crippen molar-refractivity contribution in [3.05, 3.63) is 38.8 Å². The topological polar surface area (TPSA) is 94.9 Å². The maximum Gasteiger partial charge on any atom is 0.326 e. The summed E-state index contributed by atoms with van der Waals surface area (Å²) in [5.41, 5.74) is 2.61. The Morgan fingerprint density at radius 1 is 1.35 bits per heavy atom. The number of carbonyl (C=O) groups is 3. The maximum absolute atomic E-state index is 12.7. The quantitative estimate of drug-likeness (QED) is 0.544. The van der Waals surface area contributed by atoms with Gasteiger partial charge in [-0.3, -0.25) is 14.5 Å². The maximum atomic E-state index is 12.7. The van der Waals surface area contributed by atoms with Crippen LogP contribution in [0.5, 0.6) is 0 Å². The van der Waals surface area contributed by atoms with Gasteiger partial charge in [0.15, 0.2) is 0 Å². The first-order chi connectivity index (χ1) is 12.1. The second-order valence-corrected chi connectivity index (χ2v) is 7.87. The SMILES string of the molecule is Cc1cc(/C=C2\SC(=S)N([C@@H](CCC(=O)O)C(=O)O)C2=O)cc(Cl)c1C. The smallest absolute Gasteiger partial charge is 0.326 e. The zero-order valence-corrected chi connectivity index (χ0v) is 16.4. The number of rotatable bonds is 6. The summed E-state index contributed by atoms with van der Waals surface area (Å²) in [5, 5.41) is 18.7.